The van der Waals surface area contributed by atoms with E-state index in [2.05, 4.69) is 6.92 Å². The Kier molecular flexibility index (Phi) is 4.50. The molecule has 0 atom stereocenters. The summed E-state index contributed by atoms with van der Waals surface area (Å²) < 4.78 is 5.23. The summed E-state index contributed by atoms with van der Waals surface area (Å²) in [5.41, 5.74) is 3.59. The molecule has 0 saturated carbocycles. The average Bonchev–Trinajstić information content (AvgIpc) is 2.13. The molecule has 1 nitrogen and oxygen atoms in total. The highest BCUT2D eigenvalue weighted by molar-refractivity contribution is 8.03. The van der Waals surface area contributed by atoms with Gasteiger partial charge in [0.1, 0.15) is 5.75 Å². The van der Waals surface area contributed by atoms with Gasteiger partial charge in [-0.05, 0) is 36.6 Å². The van der Waals surface area contributed by atoms with Gasteiger partial charge in [0.05, 0.1) is 13.7 Å². The van der Waals surface area contributed by atoms with E-state index < -0.39 is 6.63 Å². The van der Waals surface area contributed by atoms with Crippen LogP contribution in [0.1, 0.15) is 16.7 Å². The van der Waals surface area contributed by atoms with Crippen molar-refractivity contribution in [3.63, 3.8) is 0 Å². The Bertz CT molecular complexity index is 326. The highest BCUT2D eigenvalue weighted by Gasteiger charge is 2.09. The van der Waals surface area contributed by atoms with E-state index in [1.807, 2.05) is 19.1 Å². The molecule has 1 aromatic rings. The maximum absolute atomic E-state index is 5.81. The SMILES string of the molecule is COc1ccc(CP(Cl)Cl)c(C)c1C. The minimum absolute atomic E-state index is 0.745. The molecule has 1 rings (SSSR count). The fourth-order valence-electron chi connectivity index (χ4n) is 1.37. The van der Waals surface area contributed by atoms with Crippen molar-refractivity contribution in [3.8, 4) is 5.75 Å². The second kappa shape index (κ2) is 5.21. The van der Waals surface area contributed by atoms with Crippen LogP contribution in [0.4, 0.5) is 0 Å². The molecule has 0 aliphatic heterocycles. The van der Waals surface area contributed by atoms with Gasteiger partial charge in [0.2, 0.25) is 0 Å². The first kappa shape index (κ1) is 12.1. The fraction of sp³-hybridized carbons (Fsp3) is 0.400. The predicted molar refractivity (Wildman–Crippen MR) is 64.8 cm³/mol. The van der Waals surface area contributed by atoms with Gasteiger partial charge >= 0.3 is 0 Å². The first-order valence-electron chi connectivity index (χ1n) is 4.28. The van der Waals surface area contributed by atoms with Crippen LogP contribution in [0.3, 0.4) is 0 Å². The summed E-state index contributed by atoms with van der Waals surface area (Å²) in [6, 6.07) is 3.99. The Morgan fingerprint density at radius 1 is 1.21 bits per heavy atom. The number of benzene rings is 1. The monoisotopic (exact) mass is 250 g/mol. The number of rotatable bonds is 3. The van der Waals surface area contributed by atoms with Crippen molar-refractivity contribution in [2.24, 2.45) is 0 Å². The molecule has 0 saturated heterocycles. The summed E-state index contributed by atoms with van der Waals surface area (Å²) in [7, 11) is 1.68. The molecule has 78 valence electrons. The molecule has 0 radical (unpaired) electrons. The normalized spacial score (nSPS) is 10.7. The molecule has 1 aromatic carbocycles. The summed E-state index contributed by atoms with van der Waals surface area (Å²) in [4.78, 5) is 0. The maximum Gasteiger partial charge on any atom is 0.122 e. The summed E-state index contributed by atoms with van der Waals surface area (Å²) in [6.07, 6.45) is 0.745. The second-order valence-corrected chi connectivity index (χ2v) is 7.03. The Morgan fingerprint density at radius 3 is 2.36 bits per heavy atom. The molecule has 0 aliphatic rings. The third-order valence-electron chi connectivity index (χ3n) is 2.36. The van der Waals surface area contributed by atoms with Gasteiger partial charge in [-0.15, -0.1) is 0 Å². The van der Waals surface area contributed by atoms with Crippen LogP contribution in [-0.4, -0.2) is 7.11 Å². The van der Waals surface area contributed by atoms with E-state index in [0.717, 1.165) is 17.5 Å². The number of hydrogen-bond donors (Lipinski definition) is 0. The van der Waals surface area contributed by atoms with Crippen molar-refractivity contribution in [3.05, 3.63) is 28.8 Å². The smallest absolute Gasteiger partial charge is 0.122 e. The van der Waals surface area contributed by atoms with Crippen molar-refractivity contribution in [1.82, 2.24) is 0 Å². The van der Waals surface area contributed by atoms with Crippen LogP contribution in [0.15, 0.2) is 12.1 Å². The van der Waals surface area contributed by atoms with Gasteiger partial charge < -0.3 is 4.74 Å². The van der Waals surface area contributed by atoms with Crippen molar-refractivity contribution in [2.75, 3.05) is 7.11 Å². The molecule has 0 amide bonds. The van der Waals surface area contributed by atoms with Gasteiger partial charge in [-0.25, -0.2) is 0 Å². The first-order chi connectivity index (χ1) is 6.56. The first-order valence-corrected chi connectivity index (χ1v) is 7.62. The van der Waals surface area contributed by atoms with E-state index >= 15 is 0 Å². The molecule has 0 unspecified atom stereocenters. The summed E-state index contributed by atoms with van der Waals surface area (Å²) in [5.74, 6) is 0.916. The lowest BCUT2D eigenvalue weighted by Gasteiger charge is -2.12. The van der Waals surface area contributed by atoms with Crippen LogP contribution >= 0.6 is 29.1 Å². The Hall–Kier alpha value is 0.0300. The number of hydrogen-bond acceptors (Lipinski definition) is 1. The van der Waals surface area contributed by atoms with E-state index in [4.69, 9.17) is 27.2 Å². The highest BCUT2D eigenvalue weighted by atomic mass is 35.9. The fourth-order valence-corrected chi connectivity index (χ4v) is 2.75. The topological polar surface area (TPSA) is 9.23 Å². The van der Waals surface area contributed by atoms with Gasteiger partial charge in [-0.3, -0.25) is 0 Å². The minimum Gasteiger partial charge on any atom is -0.496 e. The number of methoxy groups -OCH3 is 1. The lowest BCUT2D eigenvalue weighted by molar-refractivity contribution is 0.411. The lowest BCUT2D eigenvalue weighted by Crippen LogP contribution is -1.94. The van der Waals surface area contributed by atoms with Crippen LogP contribution in [0, 0.1) is 13.8 Å². The Morgan fingerprint density at radius 2 is 1.86 bits per heavy atom. The molecule has 0 N–H and O–H groups in total. The molecule has 0 spiro atoms. The molecule has 0 bridgehead atoms. The maximum atomic E-state index is 5.81. The second-order valence-electron chi connectivity index (χ2n) is 3.14. The van der Waals surface area contributed by atoms with Crippen LogP contribution in [0.2, 0.25) is 0 Å². The van der Waals surface area contributed by atoms with Crippen molar-refractivity contribution in [2.45, 2.75) is 20.0 Å². The average molecular weight is 251 g/mol. The standard InChI is InChI=1S/C10H13Cl2OP/c1-7-8(2)10(13-3)5-4-9(7)6-14(11)12/h4-5H,6H2,1-3H3. The van der Waals surface area contributed by atoms with Crippen molar-refractivity contribution >= 4 is 29.1 Å². The molecule has 0 aliphatic carbocycles. The molecule has 14 heavy (non-hydrogen) atoms. The molecule has 0 aromatic heterocycles. The van der Waals surface area contributed by atoms with E-state index in [0.29, 0.717) is 0 Å². The van der Waals surface area contributed by atoms with Gasteiger partial charge in [-0.1, -0.05) is 28.5 Å². The third-order valence-corrected chi connectivity index (χ3v) is 3.66. The van der Waals surface area contributed by atoms with Crippen LogP contribution in [-0.2, 0) is 6.16 Å². The van der Waals surface area contributed by atoms with E-state index in [1.165, 1.54) is 11.1 Å². The summed E-state index contributed by atoms with van der Waals surface area (Å²) in [6.45, 7) is 3.20. The summed E-state index contributed by atoms with van der Waals surface area (Å²) in [5, 5.41) is 0. The summed E-state index contributed by atoms with van der Waals surface area (Å²) >= 11 is 11.6. The van der Waals surface area contributed by atoms with Gasteiger partial charge in [0, 0.05) is 6.16 Å². The van der Waals surface area contributed by atoms with Gasteiger partial charge in [-0.2, -0.15) is 0 Å². The van der Waals surface area contributed by atoms with E-state index in [1.54, 1.807) is 7.11 Å². The van der Waals surface area contributed by atoms with Crippen LogP contribution in [0.25, 0.3) is 0 Å². The Labute approximate surface area is 95.7 Å². The minimum atomic E-state index is -0.916. The van der Waals surface area contributed by atoms with E-state index in [9.17, 15) is 0 Å². The van der Waals surface area contributed by atoms with Gasteiger partial charge in [0.25, 0.3) is 0 Å². The van der Waals surface area contributed by atoms with E-state index in [-0.39, 0.29) is 0 Å². The van der Waals surface area contributed by atoms with Crippen LogP contribution in [0.5, 0.6) is 5.75 Å². The van der Waals surface area contributed by atoms with Crippen LogP contribution < -0.4 is 4.74 Å². The Balaban J connectivity index is 3.04. The molecule has 0 fully saturated rings. The highest BCUT2D eigenvalue weighted by Crippen LogP contribution is 2.50. The zero-order valence-corrected chi connectivity index (χ0v) is 10.9. The lowest BCUT2D eigenvalue weighted by atomic mass is 10.0. The number of halogens is 2. The zero-order chi connectivity index (χ0) is 10.7. The van der Waals surface area contributed by atoms with Crippen molar-refractivity contribution < 1.29 is 4.74 Å². The predicted octanol–water partition coefficient (Wildman–Crippen LogP) is 4.60. The molecular weight excluding hydrogens is 238 g/mol. The third kappa shape index (κ3) is 2.76. The molecule has 0 heterocycles. The molecular formula is C10H13Cl2OP. The quantitative estimate of drug-likeness (QED) is 0.713. The number of ether oxygens (including phenoxy) is 1. The molecule has 4 heteroatoms. The zero-order valence-electron chi connectivity index (χ0n) is 8.47. The largest absolute Gasteiger partial charge is 0.496 e. The van der Waals surface area contributed by atoms with Gasteiger partial charge in [0.15, 0.2) is 0 Å². The van der Waals surface area contributed by atoms with Crippen molar-refractivity contribution in [1.29, 1.82) is 0 Å².